The highest BCUT2D eigenvalue weighted by atomic mass is 79.9. The van der Waals surface area contributed by atoms with Crippen molar-refractivity contribution < 1.29 is 0 Å². The summed E-state index contributed by atoms with van der Waals surface area (Å²) in [5.74, 6) is 0.856. The Morgan fingerprint density at radius 3 is 2.12 bits per heavy atom. The minimum absolute atomic E-state index is 0.396. The molecule has 0 unspecified atom stereocenters. The second kappa shape index (κ2) is 7.19. The van der Waals surface area contributed by atoms with Crippen LogP contribution in [0.2, 0.25) is 5.02 Å². The van der Waals surface area contributed by atoms with Gasteiger partial charge in [-0.1, -0.05) is 88.2 Å². The van der Waals surface area contributed by atoms with Gasteiger partial charge in [0, 0.05) is 15.4 Å². The van der Waals surface area contributed by atoms with Gasteiger partial charge in [0.1, 0.15) is 0 Å². The van der Waals surface area contributed by atoms with Gasteiger partial charge in [-0.2, -0.15) is 0 Å². The smallest absolute Gasteiger partial charge is 0.0406 e. The lowest BCUT2D eigenvalue weighted by atomic mass is 9.83. The second-order valence-corrected chi connectivity index (χ2v) is 7.85. The maximum absolute atomic E-state index is 6.06. The minimum Gasteiger partial charge on any atom is -0.0843 e. The summed E-state index contributed by atoms with van der Waals surface area (Å²) in [4.78, 5) is 0. The fourth-order valence-corrected chi connectivity index (χ4v) is 4.07. The van der Waals surface area contributed by atoms with E-state index in [-0.39, 0.29) is 0 Å². The van der Waals surface area contributed by atoms with Crippen molar-refractivity contribution in [3.8, 4) is 0 Å². The molecule has 3 aromatic carbocycles. The van der Waals surface area contributed by atoms with Crippen LogP contribution in [0.5, 0.6) is 0 Å². The summed E-state index contributed by atoms with van der Waals surface area (Å²) in [6.07, 6.45) is 3.48. The zero-order valence-corrected chi connectivity index (χ0v) is 16.0. The Morgan fingerprint density at radius 2 is 1.44 bits per heavy atom. The van der Waals surface area contributed by atoms with Gasteiger partial charge < -0.3 is 0 Å². The molecule has 0 radical (unpaired) electrons. The molecule has 0 saturated carbocycles. The number of hydrogen-bond acceptors (Lipinski definition) is 0. The van der Waals surface area contributed by atoms with Crippen molar-refractivity contribution in [2.24, 2.45) is 0 Å². The molecule has 0 saturated heterocycles. The maximum atomic E-state index is 6.06. The lowest BCUT2D eigenvalue weighted by molar-refractivity contribution is 0.668. The van der Waals surface area contributed by atoms with E-state index in [1.54, 1.807) is 0 Å². The largest absolute Gasteiger partial charge is 0.0843 e. The van der Waals surface area contributed by atoms with Crippen molar-refractivity contribution in [2.45, 2.75) is 18.3 Å². The van der Waals surface area contributed by atoms with E-state index in [1.165, 1.54) is 22.3 Å². The molecule has 0 fully saturated rings. The van der Waals surface area contributed by atoms with E-state index in [1.807, 2.05) is 12.1 Å². The Bertz CT molecular complexity index is 880. The summed E-state index contributed by atoms with van der Waals surface area (Å²) in [5, 5.41) is 0.784. The van der Waals surface area contributed by atoms with E-state index in [0.29, 0.717) is 11.8 Å². The topological polar surface area (TPSA) is 0 Å². The molecule has 2 heteroatoms. The van der Waals surface area contributed by atoms with Crippen molar-refractivity contribution in [1.29, 1.82) is 0 Å². The number of hydrogen-bond donors (Lipinski definition) is 0. The minimum atomic E-state index is 0.396. The predicted octanol–water partition coefficient (Wildman–Crippen LogP) is 7.46. The van der Waals surface area contributed by atoms with Gasteiger partial charge in [-0.05, 0) is 58.9 Å². The fourth-order valence-electron chi connectivity index (χ4n) is 3.68. The summed E-state index contributed by atoms with van der Waals surface area (Å²) in [5.41, 5.74) is 5.43. The van der Waals surface area contributed by atoms with Gasteiger partial charge in [-0.25, -0.2) is 0 Å². The molecule has 0 aromatic heterocycles. The first-order valence-corrected chi connectivity index (χ1v) is 9.65. The molecular weight excluding hydrogens is 392 g/mol. The molecule has 2 atom stereocenters. The first-order valence-electron chi connectivity index (χ1n) is 8.48. The van der Waals surface area contributed by atoms with E-state index < -0.39 is 0 Å². The number of allylic oxidation sites excluding steroid dienone is 2. The van der Waals surface area contributed by atoms with Gasteiger partial charge in [0.15, 0.2) is 0 Å². The van der Waals surface area contributed by atoms with Gasteiger partial charge in [0.05, 0.1) is 0 Å². The highest BCUT2D eigenvalue weighted by molar-refractivity contribution is 9.10. The molecule has 1 aliphatic carbocycles. The molecular formula is C23H18BrCl. The highest BCUT2D eigenvalue weighted by Gasteiger charge is 2.30. The molecule has 0 heterocycles. The average molecular weight is 410 g/mol. The Hall–Kier alpha value is -1.83. The van der Waals surface area contributed by atoms with Crippen molar-refractivity contribution in [3.63, 3.8) is 0 Å². The third-order valence-corrected chi connectivity index (χ3v) is 5.73. The van der Waals surface area contributed by atoms with Gasteiger partial charge >= 0.3 is 0 Å². The van der Waals surface area contributed by atoms with Crippen molar-refractivity contribution in [2.75, 3.05) is 0 Å². The normalized spacial score (nSPS) is 19.7. The van der Waals surface area contributed by atoms with E-state index in [9.17, 15) is 0 Å². The summed E-state index contributed by atoms with van der Waals surface area (Å²) >= 11 is 9.60. The monoisotopic (exact) mass is 408 g/mol. The van der Waals surface area contributed by atoms with Crippen LogP contribution in [0.1, 0.15) is 34.9 Å². The molecule has 0 amide bonds. The lowest BCUT2D eigenvalue weighted by Crippen LogP contribution is -2.05. The summed E-state index contributed by atoms with van der Waals surface area (Å²) in [6.45, 7) is 0. The van der Waals surface area contributed by atoms with Gasteiger partial charge in [-0.3, -0.25) is 0 Å². The molecule has 1 aliphatic rings. The SMILES string of the molecule is Clc1ccc(C2=C[C@H](c3ccccc3)[C@H](c3ccc(Br)cc3)C2)cc1. The molecule has 4 rings (SSSR count). The van der Waals surface area contributed by atoms with Crippen LogP contribution in [0.4, 0.5) is 0 Å². The maximum Gasteiger partial charge on any atom is 0.0406 e. The lowest BCUT2D eigenvalue weighted by Gasteiger charge is -2.20. The zero-order valence-electron chi connectivity index (χ0n) is 13.7. The number of halogens is 2. The van der Waals surface area contributed by atoms with Crippen LogP contribution in [0.25, 0.3) is 5.57 Å². The van der Waals surface area contributed by atoms with Crippen LogP contribution in [0, 0.1) is 0 Å². The van der Waals surface area contributed by atoms with Gasteiger partial charge in [0.2, 0.25) is 0 Å². The van der Waals surface area contributed by atoms with Crippen LogP contribution in [0.3, 0.4) is 0 Å². The van der Waals surface area contributed by atoms with Crippen LogP contribution in [-0.4, -0.2) is 0 Å². The van der Waals surface area contributed by atoms with E-state index in [4.69, 9.17) is 11.6 Å². The molecule has 0 bridgehead atoms. The van der Waals surface area contributed by atoms with E-state index in [2.05, 4.69) is 88.7 Å². The molecule has 0 N–H and O–H groups in total. The molecule has 3 aromatic rings. The molecule has 25 heavy (non-hydrogen) atoms. The summed E-state index contributed by atoms with van der Waals surface area (Å²) < 4.78 is 1.12. The third-order valence-electron chi connectivity index (χ3n) is 4.95. The Kier molecular flexibility index (Phi) is 4.78. The average Bonchev–Trinajstić information content (AvgIpc) is 3.09. The first-order chi connectivity index (χ1) is 12.2. The van der Waals surface area contributed by atoms with Crippen molar-refractivity contribution >= 4 is 33.1 Å². The van der Waals surface area contributed by atoms with Crippen LogP contribution in [-0.2, 0) is 0 Å². The fraction of sp³-hybridized carbons (Fsp3) is 0.130. The molecule has 0 nitrogen and oxygen atoms in total. The Balaban J connectivity index is 1.73. The van der Waals surface area contributed by atoms with Crippen molar-refractivity contribution in [3.05, 3.63) is 111 Å². The highest BCUT2D eigenvalue weighted by Crippen LogP contribution is 2.47. The van der Waals surface area contributed by atoms with Gasteiger partial charge in [-0.15, -0.1) is 0 Å². The standard InChI is InChI=1S/C23H18BrCl/c24-20-10-6-18(7-11-20)23-15-19(16-8-12-21(25)13-9-16)14-22(23)17-4-2-1-3-5-17/h1-14,22-23H,15H2/t22-,23+/m1/s1. The first kappa shape index (κ1) is 16.6. The van der Waals surface area contributed by atoms with E-state index in [0.717, 1.165) is 15.9 Å². The predicted molar refractivity (Wildman–Crippen MR) is 110 cm³/mol. The van der Waals surface area contributed by atoms with E-state index >= 15 is 0 Å². The number of rotatable bonds is 3. The number of benzene rings is 3. The molecule has 124 valence electrons. The zero-order chi connectivity index (χ0) is 17.2. The third kappa shape index (κ3) is 3.58. The van der Waals surface area contributed by atoms with Gasteiger partial charge in [0.25, 0.3) is 0 Å². The Morgan fingerprint density at radius 1 is 0.760 bits per heavy atom. The quantitative estimate of drug-likeness (QED) is 0.421. The van der Waals surface area contributed by atoms with Crippen LogP contribution < -0.4 is 0 Å². The Labute approximate surface area is 162 Å². The summed E-state index contributed by atoms with van der Waals surface area (Å²) in [7, 11) is 0. The second-order valence-electron chi connectivity index (χ2n) is 6.50. The van der Waals surface area contributed by atoms with Crippen LogP contribution in [0.15, 0.2) is 89.4 Å². The summed E-state index contributed by atoms with van der Waals surface area (Å²) in [6, 6.07) is 27.8. The molecule has 0 aliphatic heterocycles. The van der Waals surface area contributed by atoms with Crippen molar-refractivity contribution in [1.82, 2.24) is 0 Å². The van der Waals surface area contributed by atoms with Crippen LogP contribution >= 0.6 is 27.5 Å². The molecule has 0 spiro atoms.